The first-order valence-electron chi connectivity index (χ1n) is 10.6. The number of benzene rings is 3. The maximum atomic E-state index is 12.3. The third-order valence-electron chi connectivity index (χ3n) is 6.22. The zero-order chi connectivity index (χ0) is 21.2. The van der Waals surface area contributed by atoms with Crippen LogP contribution >= 0.6 is 0 Å². The van der Waals surface area contributed by atoms with Gasteiger partial charge in [-0.1, -0.05) is 72.8 Å². The zero-order valence-corrected chi connectivity index (χ0v) is 17.4. The van der Waals surface area contributed by atoms with Gasteiger partial charge in [0.2, 0.25) is 0 Å². The Bertz CT molecular complexity index is 1140. The van der Waals surface area contributed by atoms with E-state index in [1.807, 2.05) is 42.5 Å². The first kappa shape index (κ1) is 19.4. The molecule has 0 N–H and O–H groups in total. The number of hydrogen-bond acceptors (Lipinski definition) is 3. The van der Waals surface area contributed by atoms with E-state index in [4.69, 9.17) is 9.47 Å². The van der Waals surface area contributed by atoms with Crippen molar-refractivity contribution in [3.8, 4) is 22.6 Å². The van der Waals surface area contributed by atoms with E-state index in [2.05, 4.69) is 54.6 Å². The van der Waals surface area contributed by atoms with Crippen molar-refractivity contribution < 1.29 is 14.3 Å². The highest BCUT2D eigenvalue weighted by molar-refractivity contribution is 5.90. The maximum absolute atomic E-state index is 12.3. The van der Waals surface area contributed by atoms with Crippen LogP contribution in [0.2, 0.25) is 0 Å². The molecule has 0 aliphatic heterocycles. The number of carbonyl (C=O) groups excluding carboxylic acids is 1. The number of methoxy groups -OCH3 is 1. The molecule has 2 aliphatic carbocycles. The Morgan fingerprint density at radius 1 is 0.839 bits per heavy atom. The van der Waals surface area contributed by atoms with Crippen molar-refractivity contribution in [2.45, 2.75) is 12.3 Å². The Balaban J connectivity index is 1.47. The molecule has 5 rings (SSSR count). The summed E-state index contributed by atoms with van der Waals surface area (Å²) in [7, 11) is 1.45. The molecule has 2 bridgehead atoms. The molecule has 3 nitrogen and oxygen atoms in total. The van der Waals surface area contributed by atoms with Crippen LogP contribution in [0.5, 0.6) is 11.5 Å². The molecule has 0 unspecified atom stereocenters. The lowest BCUT2D eigenvalue weighted by atomic mass is 9.75. The fraction of sp³-hybridized carbons (Fsp3) is 0.179. The molecule has 0 aromatic heterocycles. The lowest BCUT2D eigenvalue weighted by molar-refractivity contribution is -0.136. The number of para-hydroxylation sites is 1. The summed E-state index contributed by atoms with van der Waals surface area (Å²) >= 11 is 0. The van der Waals surface area contributed by atoms with Gasteiger partial charge in [-0.05, 0) is 53.3 Å². The molecular weight excluding hydrogens is 384 g/mol. The van der Waals surface area contributed by atoms with Crippen molar-refractivity contribution in [1.29, 1.82) is 0 Å². The van der Waals surface area contributed by atoms with E-state index in [-0.39, 0.29) is 17.8 Å². The average Bonchev–Trinajstić information content (AvgIpc) is 3.23. The first-order valence-corrected chi connectivity index (χ1v) is 10.6. The molecule has 0 saturated heterocycles. The lowest BCUT2D eigenvalue weighted by Gasteiger charge is -2.29. The SMILES string of the molecule is COC(=O)C1=C[C@H](c2ccccc2-c2ccc(Oc3ccccc3)cc2)[C@@H]2C=C[C@H]1C2. The Hall–Kier alpha value is -3.59. The first-order chi connectivity index (χ1) is 15.2. The smallest absolute Gasteiger partial charge is 0.334 e. The van der Waals surface area contributed by atoms with Crippen molar-refractivity contribution in [1.82, 2.24) is 0 Å². The van der Waals surface area contributed by atoms with Gasteiger partial charge in [0, 0.05) is 17.4 Å². The highest BCUT2D eigenvalue weighted by Crippen LogP contribution is 2.47. The highest BCUT2D eigenvalue weighted by Gasteiger charge is 2.37. The van der Waals surface area contributed by atoms with Gasteiger partial charge >= 0.3 is 5.97 Å². The topological polar surface area (TPSA) is 35.5 Å². The fourth-order valence-electron chi connectivity index (χ4n) is 4.70. The minimum Gasteiger partial charge on any atom is -0.466 e. The van der Waals surface area contributed by atoms with Crippen LogP contribution in [-0.4, -0.2) is 13.1 Å². The number of esters is 1. The summed E-state index contributed by atoms with van der Waals surface area (Å²) in [5.41, 5.74) is 4.32. The van der Waals surface area contributed by atoms with Gasteiger partial charge in [-0.15, -0.1) is 0 Å². The van der Waals surface area contributed by atoms with Gasteiger partial charge in [-0.25, -0.2) is 4.79 Å². The summed E-state index contributed by atoms with van der Waals surface area (Å²) in [4.78, 5) is 12.3. The van der Waals surface area contributed by atoms with Crippen LogP contribution in [0.3, 0.4) is 0 Å². The van der Waals surface area contributed by atoms with Crippen LogP contribution in [-0.2, 0) is 9.53 Å². The van der Waals surface area contributed by atoms with Crippen molar-refractivity contribution >= 4 is 5.97 Å². The quantitative estimate of drug-likeness (QED) is 0.355. The van der Waals surface area contributed by atoms with Gasteiger partial charge in [0.05, 0.1) is 7.11 Å². The van der Waals surface area contributed by atoms with E-state index in [9.17, 15) is 4.79 Å². The standard InChI is InChI=1S/C28H24O3/c1-30-28(29)27-18-26(20-11-12-21(27)17-20)25-10-6-5-9-24(25)19-13-15-23(16-14-19)31-22-7-3-2-4-8-22/h2-16,18,20-21,26H,17H2,1H3/t20-,21+,26+/m1/s1. The van der Waals surface area contributed by atoms with Crippen molar-refractivity contribution in [3.63, 3.8) is 0 Å². The molecule has 3 atom stereocenters. The second-order valence-electron chi connectivity index (χ2n) is 8.06. The molecule has 2 aliphatic rings. The number of fused-ring (bicyclic) bond motifs is 2. The summed E-state index contributed by atoms with van der Waals surface area (Å²) in [6.45, 7) is 0. The molecule has 3 heteroatoms. The normalized spacial score (nSPS) is 21.5. The second-order valence-corrected chi connectivity index (χ2v) is 8.06. The summed E-state index contributed by atoms with van der Waals surface area (Å²) in [6.07, 6.45) is 7.50. The predicted molar refractivity (Wildman–Crippen MR) is 122 cm³/mol. The summed E-state index contributed by atoms with van der Waals surface area (Å²) < 4.78 is 11.0. The highest BCUT2D eigenvalue weighted by atomic mass is 16.5. The molecule has 0 fully saturated rings. The predicted octanol–water partition coefficient (Wildman–Crippen LogP) is 6.53. The number of rotatable bonds is 5. The molecule has 0 heterocycles. The number of ether oxygens (including phenoxy) is 2. The van der Waals surface area contributed by atoms with E-state index < -0.39 is 0 Å². The molecule has 31 heavy (non-hydrogen) atoms. The van der Waals surface area contributed by atoms with E-state index >= 15 is 0 Å². The van der Waals surface area contributed by atoms with Crippen LogP contribution in [0.4, 0.5) is 0 Å². The van der Waals surface area contributed by atoms with Gasteiger partial charge in [0.15, 0.2) is 0 Å². The van der Waals surface area contributed by atoms with Crippen molar-refractivity contribution in [3.05, 3.63) is 108 Å². The van der Waals surface area contributed by atoms with Crippen LogP contribution in [0.15, 0.2) is 103 Å². The Morgan fingerprint density at radius 3 is 2.32 bits per heavy atom. The number of allylic oxidation sites excluding steroid dienone is 3. The van der Waals surface area contributed by atoms with E-state index in [0.29, 0.717) is 5.92 Å². The molecule has 0 spiro atoms. The van der Waals surface area contributed by atoms with E-state index in [1.165, 1.54) is 18.2 Å². The van der Waals surface area contributed by atoms with E-state index in [1.54, 1.807) is 0 Å². The van der Waals surface area contributed by atoms with Gasteiger partial charge in [-0.3, -0.25) is 0 Å². The largest absolute Gasteiger partial charge is 0.466 e. The van der Waals surface area contributed by atoms with Crippen molar-refractivity contribution in [2.75, 3.05) is 7.11 Å². The minimum atomic E-state index is -0.222. The molecule has 0 saturated carbocycles. The van der Waals surface area contributed by atoms with Gasteiger partial charge in [0.25, 0.3) is 0 Å². The van der Waals surface area contributed by atoms with Crippen LogP contribution < -0.4 is 4.74 Å². The van der Waals surface area contributed by atoms with Crippen LogP contribution in [0.25, 0.3) is 11.1 Å². The average molecular weight is 408 g/mol. The van der Waals surface area contributed by atoms with Crippen molar-refractivity contribution in [2.24, 2.45) is 11.8 Å². The summed E-state index contributed by atoms with van der Waals surface area (Å²) in [5, 5.41) is 0. The molecule has 3 aromatic carbocycles. The minimum absolute atomic E-state index is 0.153. The fourth-order valence-corrected chi connectivity index (χ4v) is 4.70. The third-order valence-corrected chi connectivity index (χ3v) is 6.22. The Kier molecular flexibility index (Phi) is 5.17. The monoisotopic (exact) mass is 408 g/mol. The van der Waals surface area contributed by atoms with Crippen LogP contribution in [0.1, 0.15) is 17.9 Å². The Labute approximate surface area is 182 Å². The molecule has 3 aromatic rings. The van der Waals surface area contributed by atoms with Gasteiger partial charge < -0.3 is 9.47 Å². The molecular formula is C28H24O3. The summed E-state index contributed by atoms with van der Waals surface area (Å²) in [5.74, 6) is 2.14. The summed E-state index contributed by atoms with van der Waals surface area (Å²) in [6, 6.07) is 26.4. The zero-order valence-electron chi connectivity index (χ0n) is 17.4. The van der Waals surface area contributed by atoms with Crippen LogP contribution in [0, 0.1) is 11.8 Å². The maximum Gasteiger partial charge on any atom is 0.334 e. The third kappa shape index (κ3) is 3.79. The van der Waals surface area contributed by atoms with Gasteiger partial charge in [0.1, 0.15) is 11.5 Å². The number of hydrogen-bond donors (Lipinski definition) is 0. The second kappa shape index (κ2) is 8.27. The van der Waals surface area contributed by atoms with E-state index in [0.717, 1.165) is 29.1 Å². The Morgan fingerprint density at radius 2 is 1.55 bits per heavy atom. The number of carbonyl (C=O) groups is 1. The lowest BCUT2D eigenvalue weighted by Crippen LogP contribution is -2.21. The molecule has 0 radical (unpaired) electrons. The van der Waals surface area contributed by atoms with Gasteiger partial charge in [-0.2, -0.15) is 0 Å². The molecule has 154 valence electrons. The molecule has 0 amide bonds.